The highest BCUT2D eigenvalue weighted by Gasteiger charge is 2.42. The zero-order chi connectivity index (χ0) is 12.7. The minimum Gasteiger partial charge on any atom is -0.336 e. The van der Waals surface area contributed by atoms with Gasteiger partial charge in [0.15, 0.2) is 9.84 Å². The first-order valence-electron chi connectivity index (χ1n) is 6.11. The topological polar surface area (TPSA) is 66.5 Å². The Hall–Kier alpha value is -0.620. The van der Waals surface area contributed by atoms with Crippen molar-refractivity contribution in [2.45, 2.75) is 38.3 Å². The Morgan fingerprint density at radius 3 is 2.71 bits per heavy atom. The maximum atomic E-state index is 12.4. The van der Waals surface area contributed by atoms with Crippen LogP contribution >= 0.6 is 0 Å². The quantitative estimate of drug-likeness (QED) is 0.707. The maximum absolute atomic E-state index is 12.4. The van der Waals surface area contributed by atoms with Crippen LogP contribution in [0.4, 0.5) is 0 Å². The second-order valence-corrected chi connectivity index (χ2v) is 7.55. The van der Waals surface area contributed by atoms with Gasteiger partial charge in [0.05, 0.1) is 17.0 Å². The molecule has 2 rings (SSSR count). The van der Waals surface area contributed by atoms with Gasteiger partial charge in [-0.2, -0.15) is 0 Å². The lowest BCUT2D eigenvalue weighted by Gasteiger charge is -2.38. The fourth-order valence-corrected chi connectivity index (χ4v) is 4.25. The van der Waals surface area contributed by atoms with E-state index in [9.17, 15) is 13.2 Å². The van der Waals surface area contributed by atoms with Crippen molar-refractivity contribution in [1.29, 1.82) is 0 Å². The van der Waals surface area contributed by atoms with Gasteiger partial charge in [-0.05, 0) is 33.2 Å². The molecule has 2 unspecified atom stereocenters. The lowest BCUT2D eigenvalue weighted by Crippen LogP contribution is -2.59. The van der Waals surface area contributed by atoms with Gasteiger partial charge >= 0.3 is 0 Å². The number of nitrogens with zero attached hydrogens (tertiary/aromatic N) is 1. The molecule has 2 aliphatic heterocycles. The van der Waals surface area contributed by atoms with Crippen LogP contribution in [0.1, 0.15) is 26.7 Å². The highest BCUT2D eigenvalue weighted by atomic mass is 32.2. The van der Waals surface area contributed by atoms with E-state index in [0.717, 1.165) is 19.4 Å². The average Bonchev–Trinajstić information content (AvgIpc) is 2.64. The predicted octanol–water partition coefficient (Wildman–Crippen LogP) is -0.226. The molecule has 2 heterocycles. The molecule has 1 N–H and O–H groups in total. The van der Waals surface area contributed by atoms with Crippen molar-refractivity contribution < 1.29 is 13.2 Å². The molecular weight excluding hydrogens is 240 g/mol. The van der Waals surface area contributed by atoms with Gasteiger partial charge in [-0.15, -0.1) is 0 Å². The minimum atomic E-state index is -2.96. The third-order valence-electron chi connectivity index (χ3n) is 3.77. The fourth-order valence-electron chi connectivity index (χ4n) is 2.69. The molecule has 0 aliphatic carbocycles. The van der Waals surface area contributed by atoms with Gasteiger partial charge in [-0.1, -0.05) is 0 Å². The van der Waals surface area contributed by atoms with E-state index < -0.39 is 15.4 Å². The molecule has 0 aromatic heterocycles. The van der Waals surface area contributed by atoms with E-state index in [2.05, 4.69) is 5.32 Å². The molecule has 0 aromatic carbocycles. The highest BCUT2D eigenvalue weighted by molar-refractivity contribution is 7.91. The molecule has 0 spiro atoms. The van der Waals surface area contributed by atoms with Crippen molar-refractivity contribution in [1.82, 2.24) is 10.2 Å². The number of hydrogen-bond donors (Lipinski definition) is 1. The van der Waals surface area contributed by atoms with Crippen LogP contribution in [0.3, 0.4) is 0 Å². The van der Waals surface area contributed by atoms with E-state index in [0.29, 0.717) is 6.54 Å². The van der Waals surface area contributed by atoms with E-state index in [-0.39, 0.29) is 23.5 Å². The summed E-state index contributed by atoms with van der Waals surface area (Å²) < 4.78 is 23.0. The summed E-state index contributed by atoms with van der Waals surface area (Å²) in [6.07, 6.45) is 1.84. The monoisotopic (exact) mass is 260 g/mol. The Labute approximate surface area is 102 Å². The Balaban J connectivity index is 2.11. The third kappa shape index (κ3) is 2.47. The molecule has 2 fully saturated rings. The summed E-state index contributed by atoms with van der Waals surface area (Å²) in [6, 6.07) is -0.208. The number of carbonyl (C=O) groups excluding carboxylic acids is 1. The first kappa shape index (κ1) is 12.8. The summed E-state index contributed by atoms with van der Waals surface area (Å²) in [5.41, 5.74) is -0.491. The molecule has 0 aromatic rings. The Morgan fingerprint density at radius 2 is 2.18 bits per heavy atom. The summed E-state index contributed by atoms with van der Waals surface area (Å²) in [5, 5.41) is 3.23. The van der Waals surface area contributed by atoms with Crippen LogP contribution in [-0.4, -0.2) is 55.4 Å². The Kier molecular flexibility index (Phi) is 3.20. The predicted molar refractivity (Wildman–Crippen MR) is 65.5 cm³/mol. The van der Waals surface area contributed by atoms with Crippen LogP contribution in [0.5, 0.6) is 0 Å². The molecule has 2 saturated heterocycles. The summed E-state index contributed by atoms with van der Waals surface area (Å²) in [5.74, 6) is 0.242. The highest BCUT2D eigenvalue weighted by Crippen LogP contribution is 2.24. The van der Waals surface area contributed by atoms with Gasteiger partial charge in [0, 0.05) is 12.6 Å². The molecule has 0 bridgehead atoms. The molecule has 5 nitrogen and oxygen atoms in total. The summed E-state index contributed by atoms with van der Waals surface area (Å²) in [4.78, 5) is 14.1. The third-order valence-corrected chi connectivity index (χ3v) is 5.57. The molecule has 2 atom stereocenters. The fraction of sp³-hybridized carbons (Fsp3) is 0.909. The molecule has 6 heteroatoms. The summed E-state index contributed by atoms with van der Waals surface area (Å²) >= 11 is 0. The van der Waals surface area contributed by atoms with Crippen LogP contribution < -0.4 is 5.32 Å². The van der Waals surface area contributed by atoms with E-state index in [1.807, 2.05) is 13.8 Å². The van der Waals surface area contributed by atoms with Gasteiger partial charge < -0.3 is 10.2 Å². The van der Waals surface area contributed by atoms with Crippen molar-refractivity contribution in [3.8, 4) is 0 Å². The molecule has 98 valence electrons. The second-order valence-electron chi connectivity index (χ2n) is 5.32. The molecule has 17 heavy (non-hydrogen) atoms. The van der Waals surface area contributed by atoms with Crippen LogP contribution in [0.15, 0.2) is 0 Å². The van der Waals surface area contributed by atoms with E-state index in [1.54, 1.807) is 4.90 Å². The number of rotatable bonds is 1. The maximum Gasteiger partial charge on any atom is 0.242 e. The van der Waals surface area contributed by atoms with Crippen molar-refractivity contribution in [2.24, 2.45) is 0 Å². The standard InChI is InChI=1S/C11H20N2O3S/c1-9-8-17(15,16)7-6-13(9)10(14)11(2)4-3-5-12-11/h9,12H,3-8H2,1-2H3. The Morgan fingerprint density at radius 1 is 1.47 bits per heavy atom. The average molecular weight is 260 g/mol. The Bertz CT molecular complexity index is 412. The van der Waals surface area contributed by atoms with Crippen LogP contribution in [0.25, 0.3) is 0 Å². The number of sulfone groups is 1. The van der Waals surface area contributed by atoms with E-state index >= 15 is 0 Å². The lowest BCUT2D eigenvalue weighted by atomic mass is 9.97. The van der Waals surface area contributed by atoms with E-state index in [4.69, 9.17) is 0 Å². The van der Waals surface area contributed by atoms with Crippen molar-refractivity contribution in [3.05, 3.63) is 0 Å². The molecule has 1 amide bonds. The minimum absolute atomic E-state index is 0.0531. The SMILES string of the molecule is CC1CS(=O)(=O)CCN1C(=O)C1(C)CCCN1. The molecule has 0 saturated carbocycles. The normalized spacial score (nSPS) is 37.1. The van der Waals surface area contributed by atoms with Crippen LogP contribution in [-0.2, 0) is 14.6 Å². The lowest BCUT2D eigenvalue weighted by molar-refractivity contribution is -0.138. The molecular formula is C11H20N2O3S. The smallest absolute Gasteiger partial charge is 0.242 e. The molecule has 0 radical (unpaired) electrons. The number of carbonyl (C=O) groups is 1. The van der Waals surface area contributed by atoms with Gasteiger partial charge in [-0.25, -0.2) is 8.42 Å². The molecule has 2 aliphatic rings. The number of hydrogen-bond acceptors (Lipinski definition) is 4. The number of nitrogens with one attached hydrogen (secondary N) is 1. The van der Waals surface area contributed by atoms with Crippen LogP contribution in [0.2, 0.25) is 0 Å². The summed E-state index contributed by atoms with van der Waals surface area (Å²) in [6.45, 7) is 4.92. The first-order chi connectivity index (χ1) is 7.84. The van der Waals surface area contributed by atoms with Crippen molar-refractivity contribution in [2.75, 3.05) is 24.6 Å². The van der Waals surface area contributed by atoms with Crippen molar-refractivity contribution >= 4 is 15.7 Å². The van der Waals surface area contributed by atoms with Gasteiger partial charge in [0.25, 0.3) is 0 Å². The van der Waals surface area contributed by atoms with Gasteiger partial charge in [0.1, 0.15) is 0 Å². The second kappa shape index (κ2) is 4.24. The van der Waals surface area contributed by atoms with Crippen LogP contribution in [0, 0.1) is 0 Å². The van der Waals surface area contributed by atoms with Gasteiger partial charge in [0.2, 0.25) is 5.91 Å². The van der Waals surface area contributed by atoms with E-state index in [1.165, 1.54) is 0 Å². The first-order valence-corrected chi connectivity index (χ1v) is 7.93. The zero-order valence-corrected chi connectivity index (χ0v) is 11.2. The zero-order valence-electron chi connectivity index (χ0n) is 10.4. The largest absolute Gasteiger partial charge is 0.336 e. The number of amides is 1. The van der Waals surface area contributed by atoms with Gasteiger partial charge in [-0.3, -0.25) is 4.79 Å². The summed E-state index contributed by atoms with van der Waals surface area (Å²) in [7, 11) is -2.96. The van der Waals surface area contributed by atoms with Crippen molar-refractivity contribution in [3.63, 3.8) is 0 Å².